The third-order valence-corrected chi connectivity index (χ3v) is 8.60. The van der Waals surface area contributed by atoms with Crippen LogP contribution >= 0.6 is 0 Å². The van der Waals surface area contributed by atoms with Gasteiger partial charge < -0.3 is 14.8 Å². The van der Waals surface area contributed by atoms with E-state index >= 15 is 0 Å². The highest BCUT2D eigenvalue weighted by Gasteiger charge is 2.28. The van der Waals surface area contributed by atoms with Gasteiger partial charge in [0, 0.05) is 27.6 Å². The SMILES string of the molecule is COc1cc(C2CC(c3ccc(C)cc3)=Nc3c(C)nn(-c4ccccc4)c3N2)ccc1Oc1nc2c(c(=O)n(C)c(=O)n2C)n1C. The number of aromatic nitrogens is 6. The number of nitrogens with zero attached hydrogens (tertiary/aromatic N) is 7. The van der Waals surface area contributed by atoms with Gasteiger partial charge in [-0.1, -0.05) is 54.1 Å². The number of hydrogen-bond acceptors (Lipinski definition) is 8. The van der Waals surface area contributed by atoms with E-state index in [1.165, 1.54) is 21.7 Å². The first-order valence-corrected chi connectivity index (χ1v) is 15.2. The monoisotopic (exact) mass is 630 g/mol. The molecule has 0 radical (unpaired) electrons. The molecule has 0 aliphatic carbocycles. The molecule has 12 heteroatoms. The summed E-state index contributed by atoms with van der Waals surface area (Å²) >= 11 is 0. The Kier molecular flexibility index (Phi) is 7.27. The third kappa shape index (κ3) is 5.07. The van der Waals surface area contributed by atoms with Crippen LogP contribution in [0.15, 0.2) is 87.4 Å². The molecular weight excluding hydrogens is 596 g/mol. The van der Waals surface area contributed by atoms with Crippen LogP contribution in [0.25, 0.3) is 16.9 Å². The van der Waals surface area contributed by atoms with E-state index in [0.717, 1.165) is 44.3 Å². The van der Waals surface area contributed by atoms with Gasteiger partial charge in [0.1, 0.15) is 5.69 Å². The molecule has 0 amide bonds. The van der Waals surface area contributed by atoms with Crippen LogP contribution in [0.3, 0.4) is 0 Å². The highest BCUT2D eigenvalue weighted by Crippen LogP contribution is 2.41. The van der Waals surface area contributed by atoms with Crippen molar-refractivity contribution in [3.63, 3.8) is 0 Å². The molecule has 1 unspecified atom stereocenters. The Morgan fingerprint density at radius 1 is 0.872 bits per heavy atom. The summed E-state index contributed by atoms with van der Waals surface area (Å²) in [6.07, 6.45) is 0.595. The van der Waals surface area contributed by atoms with E-state index in [1.807, 2.05) is 60.1 Å². The molecule has 0 fully saturated rings. The second kappa shape index (κ2) is 11.5. The summed E-state index contributed by atoms with van der Waals surface area (Å²) in [5, 5.41) is 8.62. The van der Waals surface area contributed by atoms with Crippen molar-refractivity contribution >= 4 is 28.4 Å². The van der Waals surface area contributed by atoms with Crippen LogP contribution in [0, 0.1) is 13.8 Å². The fourth-order valence-corrected chi connectivity index (χ4v) is 5.93. The molecule has 4 heterocycles. The van der Waals surface area contributed by atoms with Crippen molar-refractivity contribution in [3.8, 4) is 23.2 Å². The van der Waals surface area contributed by atoms with Gasteiger partial charge in [0.25, 0.3) is 5.56 Å². The number of methoxy groups -OCH3 is 1. The summed E-state index contributed by atoms with van der Waals surface area (Å²) in [4.78, 5) is 35.1. The van der Waals surface area contributed by atoms with Crippen molar-refractivity contribution < 1.29 is 9.47 Å². The molecule has 3 aromatic carbocycles. The Labute approximate surface area is 270 Å². The van der Waals surface area contributed by atoms with E-state index in [-0.39, 0.29) is 23.2 Å². The zero-order valence-corrected chi connectivity index (χ0v) is 27.0. The standard InChI is InChI=1S/C35H34N8O4/c1-20-12-14-22(15-13-20)25-19-26(37-31-29(36-25)21(2)39-43(31)24-10-8-7-9-11-24)23-16-17-27(28(18-23)46-6)47-34-38-32-30(40(34)3)33(44)42(5)35(45)41(32)4/h7-18,26,37H,19H2,1-6H3. The van der Waals surface area contributed by atoms with E-state index in [0.29, 0.717) is 17.9 Å². The lowest BCUT2D eigenvalue weighted by molar-refractivity contribution is 0.362. The largest absolute Gasteiger partial charge is 0.493 e. The lowest BCUT2D eigenvalue weighted by Crippen LogP contribution is -2.37. The molecule has 3 aromatic heterocycles. The number of hydrogen-bond donors (Lipinski definition) is 1. The van der Waals surface area contributed by atoms with Crippen LogP contribution in [-0.2, 0) is 21.1 Å². The molecule has 0 saturated heterocycles. The number of rotatable bonds is 6. The van der Waals surface area contributed by atoms with Gasteiger partial charge in [-0.3, -0.25) is 18.5 Å². The number of fused-ring (bicyclic) bond motifs is 2. The number of ether oxygens (including phenoxy) is 2. The number of benzene rings is 3. The summed E-state index contributed by atoms with van der Waals surface area (Å²) in [5.74, 6) is 1.68. The molecule has 0 spiro atoms. The fourth-order valence-electron chi connectivity index (χ4n) is 5.93. The minimum Gasteiger partial charge on any atom is -0.493 e. The molecule has 7 rings (SSSR count). The molecular formula is C35H34N8O4. The average molecular weight is 631 g/mol. The number of anilines is 1. The van der Waals surface area contributed by atoms with Crippen LogP contribution in [-0.4, -0.2) is 41.3 Å². The van der Waals surface area contributed by atoms with Crippen molar-refractivity contribution in [2.45, 2.75) is 26.3 Å². The Morgan fingerprint density at radius 2 is 1.62 bits per heavy atom. The van der Waals surface area contributed by atoms with E-state index < -0.39 is 11.2 Å². The van der Waals surface area contributed by atoms with Gasteiger partial charge in [-0.15, -0.1) is 0 Å². The summed E-state index contributed by atoms with van der Waals surface area (Å²) in [7, 11) is 6.26. The van der Waals surface area contributed by atoms with Crippen LogP contribution in [0.5, 0.6) is 17.5 Å². The zero-order chi connectivity index (χ0) is 33.0. The molecule has 1 atom stereocenters. The van der Waals surface area contributed by atoms with Gasteiger partial charge in [0.05, 0.1) is 30.2 Å². The number of aliphatic imine (C=N–C) groups is 1. The van der Waals surface area contributed by atoms with Gasteiger partial charge in [-0.2, -0.15) is 10.1 Å². The molecule has 47 heavy (non-hydrogen) atoms. The van der Waals surface area contributed by atoms with Gasteiger partial charge in [-0.05, 0) is 49.2 Å². The highest BCUT2D eigenvalue weighted by atomic mass is 16.5. The number of imidazole rings is 1. The molecule has 0 bridgehead atoms. The molecule has 0 saturated carbocycles. The molecule has 6 aromatic rings. The van der Waals surface area contributed by atoms with Crippen molar-refractivity contribution in [2.75, 3.05) is 12.4 Å². The van der Waals surface area contributed by atoms with E-state index in [4.69, 9.17) is 19.6 Å². The van der Waals surface area contributed by atoms with Crippen LogP contribution in [0.1, 0.15) is 34.8 Å². The van der Waals surface area contributed by atoms with Crippen molar-refractivity contribution in [1.82, 2.24) is 28.5 Å². The first-order chi connectivity index (χ1) is 22.6. The van der Waals surface area contributed by atoms with Crippen LogP contribution in [0.4, 0.5) is 11.5 Å². The van der Waals surface area contributed by atoms with Crippen molar-refractivity contribution in [3.05, 3.63) is 116 Å². The van der Waals surface area contributed by atoms with Crippen molar-refractivity contribution in [1.29, 1.82) is 0 Å². The number of para-hydroxylation sites is 1. The van der Waals surface area contributed by atoms with Crippen LogP contribution in [0.2, 0.25) is 0 Å². The summed E-state index contributed by atoms with van der Waals surface area (Å²) in [6.45, 7) is 4.04. The topological polar surface area (TPSA) is 122 Å². The Morgan fingerprint density at radius 3 is 2.34 bits per heavy atom. The number of nitrogens with one attached hydrogen (secondary N) is 1. The summed E-state index contributed by atoms with van der Waals surface area (Å²) in [5.41, 5.74) is 6.20. The zero-order valence-electron chi connectivity index (χ0n) is 27.0. The Bertz CT molecular complexity index is 2310. The van der Waals surface area contributed by atoms with Gasteiger partial charge in [-0.25, -0.2) is 14.5 Å². The van der Waals surface area contributed by atoms with E-state index in [1.54, 1.807) is 21.2 Å². The third-order valence-electron chi connectivity index (χ3n) is 8.60. The average Bonchev–Trinajstić information content (AvgIpc) is 3.48. The second-order valence-corrected chi connectivity index (χ2v) is 11.7. The first kappa shape index (κ1) is 29.8. The molecule has 12 nitrogen and oxygen atoms in total. The van der Waals surface area contributed by atoms with Crippen molar-refractivity contribution in [2.24, 2.45) is 26.1 Å². The predicted molar refractivity (Wildman–Crippen MR) is 181 cm³/mol. The maximum atomic E-state index is 12.9. The van der Waals surface area contributed by atoms with E-state index in [2.05, 4.69) is 41.5 Å². The minimum absolute atomic E-state index is 0.151. The second-order valence-electron chi connectivity index (χ2n) is 11.7. The highest BCUT2D eigenvalue weighted by molar-refractivity contribution is 6.04. The molecule has 1 N–H and O–H groups in total. The normalized spacial score (nSPS) is 14.3. The lowest BCUT2D eigenvalue weighted by atomic mass is 9.96. The summed E-state index contributed by atoms with van der Waals surface area (Å²) < 4.78 is 17.8. The fraction of sp³-hybridized carbons (Fsp3) is 0.229. The molecule has 1 aliphatic rings. The van der Waals surface area contributed by atoms with Gasteiger partial charge in [0.2, 0.25) is 0 Å². The maximum Gasteiger partial charge on any atom is 0.332 e. The maximum absolute atomic E-state index is 12.9. The summed E-state index contributed by atoms with van der Waals surface area (Å²) in [6, 6.07) is 24.0. The van der Waals surface area contributed by atoms with Gasteiger partial charge in [0.15, 0.2) is 28.5 Å². The molecule has 238 valence electrons. The lowest BCUT2D eigenvalue weighted by Gasteiger charge is -2.21. The van der Waals surface area contributed by atoms with E-state index in [9.17, 15) is 9.59 Å². The minimum atomic E-state index is -0.467. The Balaban J connectivity index is 1.30. The molecule has 1 aliphatic heterocycles. The van der Waals surface area contributed by atoms with Gasteiger partial charge >= 0.3 is 11.7 Å². The Hall–Kier alpha value is -5.91. The van der Waals surface area contributed by atoms with Crippen LogP contribution < -0.4 is 26.0 Å². The quantitative estimate of drug-likeness (QED) is 0.267. The first-order valence-electron chi connectivity index (χ1n) is 15.2. The number of aryl methyl sites for hydroxylation is 4. The smallest absolute Gasteiger partial charge is 0.332 e. The predicted octanol–water partition coefficient (Wildman–Crippen LogP) is 5.25.